The van der Waals surface area contributed by atoms with Crippen molar-refractivity contribution in [3.63, 3.8) is 0 Å². The van der Waals surface area contributed by atoms with E-state index in [4.69, 9.17) is 23.7 Å². The molecular weight excluding hydrogens is 542 g/mol. The summed E-state index contributed by atoms with van der Waals surface area (Å²) in [4.78, 5) is 15.5. The van der Waals surface area contributed by atoms with E-state index in [0.29, 0.717) is 26.4 Å². The van der Waals surface area contributed by atoms with E-state index in [1.807, 2.05) is 121 Å². The molecule has 0 aliphatic carbocycles. The lowest BCUT2D eigenvalue weighted by Crippen LogP contribution is -2.54. The molecule has 0 saturated carbocycles. The van der Waals surface area contributed by atoms with Gasteiger partial charge in [-0.15, -0.1) is 0 Å². The third kappa shape index (κ3) is 7.89. The number of epoxide rings is 1. The van der Waals surface area contributed by atoms with Crippen molar-refractivity contribution in [2.75, 3.05) is 13.2 Å². The summed E-state index contributed by atoms with van der Waals surface area (Å²) in [6.45, 7) is 1.96. The van der Waals surface area contributed by atoms with E-state index in [1.165, 1.54) is 0 Å². The lowest BCUT2D eigenvalue weighted by atomic mass is 10.0. The number of nitrogens with zero attached hydrogens (tertiary/aromatic N) is 1. The van der Waals surface area contributed by atoms with Gasteiger partial charge >= 0.3 is 6.09 Å². The maximum absolute atomic E-state index is 13.7. The van der Waals surface area contributed by atoms with Gasteiger partial charge in [0.25, 0.3) is 0 Å². The van der Waals surface area contributed by atoms with Crippen LogP contribution >= 0.6 is 0 Å². The highest BCUT2D eigenvalue weighted by Gasteiger charge is 2.57. The van der Waals surface area contributed by atoms with E-state index in [9.17, 15) is 4.79 Å². The summed E-state index contributed by atoms with van der Waals surface area (Å²) in [6, 6.07) is 39.3. The van der Waals surface area contributed by atoms with Crippen molar-refractivity contribution in [3.05, 3.63) is 144 Å². The lowest BCUT2D eigenvalue weighted by Gasteiger charge is -2.37. The van der Waals surface area contributed by atoms with Crippen LogP contribution in [0.3, 0.4) is 0 Å². The van der Waals surface area contributed by atoms with Gasteiger partial charge in [0.05, 0.1) is 39.0 Å². The molecule has 2 aliphatic rings. The van der Waals surface area contributed by atoms with Crippen molar-refractivity contribution < 1.29 is 28.5 Å². The molecule has 0 unspecified atom stereocenters. The quantitative estimate of drug-likeness (QED) is 0.187. The summed E-state index contributed by atoms with van der Waals surface area (Å²) >= 11 is 0. The molecule has 43 heavy (non-hydrogen) atoms. The molecule has 2 aliphatic heterocycles. The molecule has 2 heterocycles. The van der Waals surface area contributed by atoms with Crippen molar-refractivity contribution in [3.8, 4) is 0 Å². The molecule has 5 atom stereocenters. The van der Waals surface area contributed by atoms with Crippen molar-refractivity contribution in [1.29, 1.82) is 0 Å². The zero-order valence-corrected chi connectivity index (χ0v) is 24.1. The summed E-state index contributed by atoms with van der Waals surface area (Å²) in [5.41, 5.74) is 4.06. The van der Waals surface area contributed by atoms with Gasteiger partial charge in [-0.05, 0) is 22.3 Å². The van der Waals surface area contributed by atoms with Crippen LogP contribution in [0, 0.1) is 0 Å². The number of hydrogen-bond donors (Lipinski definition) is 0. The van der Waals surface area contributed by atoms with Gasteiger partial charge in [0.2, 0.25) is 0 Å². The van der Waals surface area contributed by atoms with E-state index >= 15 is 0 Å². The molecular formula is C36H37NO6. The summed E-state index contributed by atoms with van der Waals surface area (Å²) in [7, 11) is 0. The first-order chi connectivity index (χ1) is 21.2. The van der Waals surface area contributed by atoms with Crippen LogP contribution in [0.25, 0.3) is 0 Å². The molecule has 7 nitrogen and oxygen atoms in total. The maximum Gasteiger partial charge on any atom is 0.410 e. The molecule has 2 fully saturated rings. The number of ether oxygens (including phenoxy) is 5. The van der Waals surface area contributed by atoms with E-state index in [1.54, 1.807) is 4.90 Å². The van der Waals surface area contributed by atoms with Crippen molar-refractivity contribution >= 4 is 6.09 Å². The minimum atomic E-state index is -0.526. The monoisotopic (exact) mass is 579 g/mol. The topological polar surface area (TPSA) is 69.8 Å². The van der Waals surface area contributed by atoms with Crippen LogP contribution in [0.15, 0.2) is 121 Å². The minimum Gasteiger partial charge on any atom is -0.445 e. The van der Waals surface area contributed by atoms with Crippen molar-refractivity contribution in [1.82, 2.24) is 4.90 Å². The van der Waals surface area contributed by atoms with Crippen LogP contribution in [0.5, 0.6) is 0 Å². The Hall–Kier alpha value is -4.01. The Labute approximate surface area is 252 Å². The SMILES string of the molecule is O=C(OCc1ccccc1)N1C[C@H]2O[C@H]2[C@@H](OCc2ccccc2)[C@H](OCc2ccccc2)[C@H]1COCc1ccccc1. The number of carbonyl (C=O) groups is 1. The van der Waals surface area contributed by atoms with Gasteiger partial charge in [0.15, 0.2) is 0 Å². The first-order valence-electron chi connectivity index (χ1n) is 14.8. The average Bonchev–Trinajstić information content (AvgIpc) is 3.84. The zero-order valence-electron chi connectivity index (χ0n) is 24.1. The third-order valence-electron chi connectivity index (χ3n) is 7.84. The number of hydrogen-bond acceptors (Lipinski definition) is 6. The highest BCUT2D eigenvalue weighted by molar-refractivity contribution is 5.68. The fraction of sp³-hybridized carbons (Fsp3) is 0.306. The zero-order chi connectivity index (χ0) is 29.3. The lowest BCUT2D eigenvalue weighted by molar-refractivity contribution is -0.133. The van der Waals surface area contributed by atoms with Crippen molar-refractivity contribution in [2.24, 2.45) is 0 Å². The van der Waals surface area contributed by atoms with Gasteiger partial charge in [-0.2, -0.15) is 0 Å². The second-order valence-electron chi connectivity index (χ2n) is 10.9. The summed E-state index contributed by atoms with van der Waals surface area (Å²) in [5, 5.41) is 0. The van der Waals surface area contributed by atoms with E-state index < -0.39 is 24.3 Å². The first kappa shape index (κ1) is 29.1. The molecule has 0 N–H and O–H groups in total. The van der Waals surface area contributed by atoms with Crippen LogP contribution in [0.4, 0.5) is 4.79 Å². The molecule has 0 spiro atoms. The number of carbonyl (C=O) groups excluding carboxylic acids is 1. The second-order valence-corrected chi connectivity index (χ2v) is 10.9. The number of fused-ring (bicyclic) bond motifs is 1. The summed E-state index contributed by atoms with van der Waals surface area (Å²) in [5.74, 6) is 0. The number of amides is 1. The highest BCUT2D eigenvalue weighted by atomic mass is 16.6. The van der Waals surface area contributed by atoms with Crippen LogP contribution < -0.4 is 0 Å². The molecule has 222 valence electrons. The van der Waals surface area contributed by atoms with Gasteiger partial charge in [-0.25, -0.2) is 4.79 Å². The third-order valence-corrected chi connectivity index (χ3v) is 7.84. The summed E-state index contributed by atoms with van der Waals surface area (Å²) < 4.78 is 31.5. The predicted molar refractivity (Wildman–Crippen MR) is 162 cm³/mol. The number of benzene rings is 4. The summed E-state index contributed by atoms with van der Waals surface area (Å²) in [6.07, 6.45) is -1.74. The molecule has 2 saturated heterocycles. The molecule has 0 bridgehead atoms. The van der Waals surface area contributed by atoms with Gasteiger partial charge in [-0.1, -0.05) is 121 Å². The standard InChI is InChI=1S/C36H37NO6/c38-36(42-25-30-19-11-4-12-20-30)37-21-32-34(43-32)35(41-24-29-17-9-3-10-18-29)33(40-23-28-15-7-2-8-16-28)31(37)26-39-22-27-13-5-1-6-14-27/h1-20,31-35H,21-26H2/t31-,32-,33-,34-,35+/m1/s1. The molecule has 0 aromatic heterocycles. The van der Waals surface area contributed by atoms with E-state index in [-0.39, 0.29) is 25.4 Å². The van der Waals surface area contributed by atoms with Gasteiger partial charge in [0, 0.05) is 0 Å². The molecule has 4 aromatic carbocycles. The Bertz CT molecular complexity index is 1410. The Morgan fingerprint density at radius 1 is 0.628 bits per heavy atom. The average molecular weight is 580 g/mol. The Morgan fingerprint density at radius 3 is 1.63 bits per heavy atom. The van der Waals surface area contributed by atoms with E-state index in [2.05, 4.69) is 0 Å². The predicted octanol–water partition coefficient (Wildman–Crippen LogP) is 6.16. The Morgan fingerprint density at radius 2 is 1.09 bits per heavy atom. The molecule has 1 amide bonds. The molecule has 0 radical (unpaired) electrons. The number of likely N-dealkylation sites (tertiary alicyclic amines) is 1. The van der Waals surface area contributed by atoms with Crippen LogP contribution in [0.2, 0.25) is 0 Å². The second kappa shape index (κ2) is 14.4. The van der Waals surface area contributed by atoms with Crippen LogP contribution in [0.1, 0.15) is 22.3 Å². The largest absolute Gasteiger partial charge is 0.445 e. The van der Waals surface area contributed by atoms with Gasteiger partial charge < -0.3 is 23.7 Å². The molecule has 7 heteroatoms. The molecule has 6 rings (SSSR count). The van der Waals surface area contributed by atoms with Crippen molar-refractivity contribution in [2.45, 2.75) is 56.9 Å². The fourth-order valence-electron chi connectivity index (χ4n) is 5.50. The smallest absolute Gasteiger partial charge is 0.410 e. The van der Waals surface area contributed by atoms with Crippen LogP contribution in [-0.4, -0.2) is 54.6 Å². The van der Waals surface area contributed by atoms with Gasteiger partial charge in [-0.3, -0.25) is 4.90 Å². The number of rotatable bonds is 12. The normalized spacial score (nSPS) is 22.8. The van der Waals surface area contributed by atoms with Gasteiger partial charge in [0.1, 0.15) is 31.0 Å². The van der Waals surface area contributed by atoms with Crippen LogP contribution in [-0.2, 0) is 50.1 Å². The Balaban J connectivity index is 1.26. The highest BCUT2D eigenvalue weighted by Crippen LogP contribution is 2.38. The van der Waals surface area contributed by atoms with E-state index in [0.717, 1.165) is 22.3 Å². The Kier molecular flexibility index (Phi) is 9.77. The molecule has 4 aromatic rings. The fourth-order valence-corrected chi connectivity index (χ4v) is 5.50. The first-order valence-corrected chi connectivity index (χ1v) is 14.8. The minimum absolute atomic E-state index is 0.173. The maximum atomic E-state index is 13.7.